The van der Waals surface area contributed by atoms with Gasteiger partial charge in [-0.25, -0.2) is 4.52 Å². The van der Waals surface area contributed by atoms with E-state index >= 15 is 0 Å². The molecule has 0 aliphatic rings. The van der Waals surface area contributed by atoms with E-state index in [-0.39, 0.29) is 18.4 Å². The lowest BCUT2D eigenvalue weighted by atomic mass is 10.2. The van der Waals surface area contributed by atoms with Crippen LogP contribution in [0, 0.1) is 5.92 Å². The first-order valence-corrected chi connectivity index (χ1v) is 5.38. The molecule has 2 rings (SSSR count). The van der Waals surface area contributed by atoms with Gasteiger partial charge in [0.25, 0.3) is 5.91 Å². The molecule has 2 aromatic rings. The number of hydrogen-bond donors (Lipinski definition) is 2. The Labute approximate surface area is 98.3 Å². The molecule has 0 bridgehead atoms. The van der Waals surface area contributed by atoms with E-state index in [1.54, 1.807) is 23.1 Å². The number of aromatic nitrogens is 3. The summed E-state index contributed by atoms with van der Waals surface area (Å²) in [6, 6.07) is 0. The van der Waals surface area contributed by atoms with Crippen LogP contribution in [-0.4, -0.2) is 38.8 Å². The van der Waals surface area contributed by atoms with Crippen LogP contribution < -0.4 is 5.32 Å². The van der Waals surface area contributed by atoms with E-state index in [0.717, 1.165) is 0 Å². The maximum atomic E-state index is 11.9. The SMILES string of the molecule is CC(CO)CNC(=O)c1cnn2ccncc12. The van der Waals surface area contributed by atoms with Crippen molar-refractivity contribution in [1.82, 2.24) is 19.9 Å². The first kappa shape index (κ1) is 11.5. The smallest absolute Gasteiger partial charge is 0.255 e. The zero-order valence-corrected chi connectivity index (χ0v) is 9.50. The maximum absolute atomic E-state index is 11.9. The number of rotatable bonds is 4. The summed E-state index contributed by atoms with van der Waals surface area (Å²) in [6.45, 7) is 2.35. The fraction of sp³-hybridized carbons (Fsp3) is 0.364. The van der Waals surface area contributed by atoms with Crippen LogP contribution in [0.25, 0.3) is 5.52 Å². The molecule has 0 saturated carbocycles. The van der Waals surface area contributed by atoms with Crippen LogP contribution in [0.5, 0.6) is 0 Å². The average Bonchev–Trinajstić information content (AvgIpc) is 2.79. The topological polar surface area (TPSA) is 79.5 Å². The van der Waals surface area contributed by atoms with Gasteiger partial charge in [-0.1, -0.05) is 6.92 Å². The van der Waals surface area contributed by atoms with Crippen LogP contribution in [0.2, 0.25) is 0 Å². The van der Waals surface area contributed by atoms with Crippen LogP contribution in [0.1, 0.15) is 17.3 Å². The summed E-state index contributed by atoms with van der Waals surface area (Å²) < 4.78 is 1.59. The summed E-state index contributed by atoms with van der Waals surface area (Å²) in [6.07, 6.45) is 6.39. The van der Waals surface area contributed by atoms with Crippen molar-refractivity contribution in [1.29, 1.82) is 0 Å². The lowest BCUT2D eigenvalue weighted by Gasteiger charge is -2.08. The third kappa shape index (κ3) is 2.42. The van der Waals surface area contributed by atoms with E-state index in [2.05, 4.69) is 15.4 Å². The Bertz CT molecular complexity index is 523. The van der Waals surface area contributed by atoms with E-state index in [4.69, 9.17) is 5.11 Å². The standard InChI is InChI=1S/C11H14N4O2/c1-8(7-16)4-13-11(17)9-5-14-15-3-2-12-6-10(9)15/h2-3,5-6,8,16H,4,7H2,1H3,(H,13,17). The fourth-order valence-electron chi connectivity index (χ4n) is 1.44. The van der Waals surface area contributed by atoms with Gasteiger partial charge >= 0.3 is 0 Å². The lowest BCUT2D eigenvalue weighted by molar-refractivity contribution is 0.0944. The molecule has 1 atom stereocenters. The van der Waals surface area contributed by atoms with Crippen LogP contribution >= 0.6 is 0 Å². The second-order valence-electron chi connectivity index (χ2n) is 3.96. The Hall–Kier alpha value is -1.95. The van der Waals surface area contributed by atoms with Crippen molar-refractivity contribution >= 4 is 11.4 Å². The lowest BCUT2D eigenvalue weighted by Crippen LogP contribution is -2.29. The van der Waals surface area contributed by atoms with Gasteiger partial charge < -0.3 is 10.4 Å². The minimum atomic E-state index is -0.201. The quantitative estimate of drug-likeness (QED) is 0.785. The second kappa shape index (κ2) is 4.92. The molecule has 6 nitrogen and oxygen atoms in total. The Morgan fingerprint density at radius 2 is 2.41 bits per heavy atom. The summed E-state index contributed by atoms with van der Waals surface area (Å²) in [5.41, 5.74) is 1.16. The third-order valence-electron chi connectivity index (χ3n) is 2.49. The molecule has 0 spiro atoms. The zero-order chi connectivity index (χ0) is 12.3. The van der Waals surface area contributed by atoms with Crippen LogP contribution in [-0.2, 0) is 0 Å². The van der Waals surface area contributed by atoms with Gasteiger partial charge in [0.15, 0.2) is 0 Å². The number of nitrogens with one attached hydrogen (secondary N) is 1. The van der Waals surface area contributed by atoms with Crippen molar-refractivity contribution in [2.24, 2.45) is 5.92 Å². The molecule has 2 heterocycles. The van der Waals surface area contributed by atoms with Crippen LogP contribution in [0.3, 0.4) is 0 Å². The van der Waals surface area contributed by atoms with Crippen LogP contribution in [0.15, 0.2) is 24.8 Å². The molecule has 0 saturated heterocycles. The minimum absolute atomic E-state index is 0.0407. The van der Waals surface area contributed by atoms with Crippen molar-refractivity contribution in [3.8, 4) is 0 Å². The predicted octanol–water partition coefficient (Wildman–Crippen LogP) is 0.0875. The Balaban J connectivity index is 2.14. The van der Waals surface area contributed by atoms with E-state index in [0.29, 0.717) is 17.6 Å². The molecule has 1 unspecified atom stereocenters. The average molecular weight is 234 g/mol. The molecule has 1 amide bonds. The second-order valence-corrected chi connectivity index (χ2v) is 3.96. The number of carbonyl (C=O) groups excluding carboxylic acids is 1. The molecule has 2 aromatic heterocycles. The fourth-order valence-corrected chi connectivity index (χ4v) is 1.44. The van der Waals surface area contributed by atoms with Crippen molar-refractivity contribution in [2.75, 3.05) is 13.2 Å². The normalized spacial score (nSPS) is 12.6. The van der Waals surface area contributed by atoms with E-state index in [1.165, 1.54) is 6.20 Å². The summed E-state index contributed by atoms with van der Waals surface area (Å²) in [5.74, 6) is -0.160. The molecular formula is C11H14N4O2. The van der Waals surface area contributed by atoms with E-state index in [9.17, 15) is 4.79 Å². The van der Waals surface area contributed by atoms with Gasteiger partial charge in [-0.15, -0.1) is 0 Å². The molecule has 0 aliphatic heterocycles. The van der Waals surface area contributed by atoms with Crippen molar-refractivity contribution in [3.05, 3.63) is 30.4 Å². The number of hydrogen-bond acceptors (Lipinski definition) is 4. The van der Waals surface area contributed by atoms with E-state index in [1.807, 2.05) is 6.92 Å². The number of amides is 1. The summed E-state index contributed by atoms with van der Waals surface area (Å²) in [5, 5.41) is 15.7. The van der Waals surface area contributed by atoms with Gasteiger partial charge in [0.05, 0.1) is 23.5 Å². The van der Waals surface area contributed by atoms with Gasteiger partial charge in [0.2, 0.25) is 0 Å². The van der Waals surface area contributed by atoms with Crippen molar-refractivity contribution in [2.45, 2.75) is 6.92 Å². The van der Waals surface area contributed by atoms with Crippen molar-refractivity contribution in [3.63, 3.8) is 0 Å². The monoisotopic (exact) mass is 234 g/mol. The number of aliphatic hydroxyl groups is 1. The molecular weight excluding hydrogens is 220 g/mol. The number of nitrogens with zero attached hydrogens (tertiary/aromatic N) is 3. The Kier molecular flexibility index (Phi) is 3.34. The zero-order valence-electron chi connectivity index (χ0n) is 9.50. The highest BCUT2D eigenvalue weighted by atomic mass is 16.3. The summed E-state index contributed by atoms with van der Waals surface area (Å²) in [7, 11) is 0. The molecule has 0 fully saturated rings. The summed E-state index contributed by atoms with van der Waals surface area (Å²) in [4.78, 5) is 15.8. The highest BCUT2D eigenvalue weighted by Gasteiger charge is 2.12. The molecule has 17 heavy (non-hydrogen) atoms. The van der Waals surface area contributed by atoms with Gasteiger partial charge in [0, 0.05) is 25.5 Å². The molecule has 0 radical (unpaired) electrons. The highest BCUT2D eigenvalue weighted by Crippen LogP contribution is 2.08. The molecule has 90 valence electrons. The minimum Gasteiger partial charge on any atom is -0.396 e. The van der Waals surface area contributed by atoms with Crippen LogP contribution in [0.4, 0.5) is 0 Å². The van der Waals surface area contributed by atoms with E-state index < -0.39 is 0 Å². The highest BCUT2D eigenvalue weighted by molar-refractivity contribution is 6.00. The first-order valence-electron chi connectivity index (χ1n) is 5.38. The van der Waals surface area contributed by atoms with Gasteiger partial charge in [-0.2, -0.15) is 5.10 Å². The molecule has 0 aliphatic carbocycles. The number of fused-ring (bicyclic) bond motifs is 1. The third-order valence-corrected chi connectivity index (χ3v) is 2.49. The first-order chi connectivity index (χ1) is 8.22. The molecule has 6 heteroatoms. The number of carbonyl (C=O) groups is 1. The van der Waals surface area contributed by atoms with Gasteiger partial charge in [-0.3, -0.25) is 9.78 Å². The Morgan fingerprint density at radius 3 is 3.18 bits per heavy atom. The number of aliphatic hydroxyl groups excluding tert-OH is 1. The molecule has 2 N–H and O–H groups in total. The van der Waals surface area contributed by atoms with Gasteiger partial charge in [-0.05, 0) is 5.92 Å². The predicted molar refractivity (Wildman–Crippen MR) is 61.6 cm³/mol. The summed E-state index contributed by atoms with van der Waals surface area (Å²) >= 11 is 0. The molecule has 0 aromatic carbocycles. The largest absolute Gasteiger partial charge is 0.396 e. The maximum Gasteiger partial charge on any atom is 0.255 e. The Morgan fingerprint density at radius 1 is 1.59 bits per heavy atom. The van der Waals surface area contributed by atoms with Crippen molar-refractivity contribution < 1.29 is 9.90 Å². The van der Waals surface area contributed by atoms with Gasteiger partial charge in [0.1, 0.15) is 0 Å².